The average Bonchev–Trinajstić information content (AvgIpc) is 2.79. The zero-order chi connectivity index (χ0) is 14.9. The molecule has 0 aromatic heterocycles. The first kappa shape index (κ1) is 14.5. The molecule has 1 aromatic rings. The van der Waals surface area contributed by atoms with E-state index >= 15 is 0 Å². The number of carboxylic acid groups (broad SMARTS) is 1. The summed E-state index contributed by atoms with van der Waals surface area (Å²) in [6, 6.07) is 4.37. The van der Waals surface area contributed by atoms with E-state index in [1.807, 2.05) is 13.8 Å². The van der Waals surface area contributed by atoms with Gasteiger partial charge in [-0.1, -0.05) is 13.8 Å². The van der Waals surface area contributed by atoms with Crippen LogP contribution in [0.5, 0.6) is 0 Å². The maximum Gasteiger partial charge on any atom is 0.335 e. The van der Waals surface area contributed by atoms with E-state index in [0.717, 1.165) is 11.3 Å². The lowest BCUT2D eigenvalue weighted by Gasteiger charge is -2.22. The third kappa shape index (κ3) is 2.82. The van der Waals surface area contributed by atoms with Gasteiger partial charge in [0.2, 0.25) is 5.91 Å². The van der Waals surface area contributed by atoms with E-state index in [1.165, 1.54) is 6.07 Å². The van der Waals surface area contributed by atoms with E-state index in [4.69, 9.17) is 10.8 Å². The maximum absolute atomic E-state index is 12.3. The first-order valence-electron chi connectivity index (χ1n) is 6.83. The van der Waals surface area contributed by atoms with E-state index in [0.29, 0.717) is 25.3 Å². The molecule has 1 heterocycles. The van der Waals surface area contributed by atoms with Crippen molar-refractivity contribution in [1.29, 1.82) is 0 Å². The molecular formula is C15H20N2O3. The summed E-state index contributed by atoms with van der Waals surface area (Å²) >= 11 is 0. The summed E-state index contributed by atoms with van der Waals surface area (Å²) in [5.41, 5.74) is 7.89. The first-order valence-corrected chi connectivity index (χ1v) is 6.83. The smallest absolute Gasteiger partial charge is 0.335 e. The summed E-state index contributed by atoms with van der Waals surface area (Å²) in [5, 5.41) is 8.98. The molecule has 1 aromatic carbocycles. The van der Waals surface area contributed by atoms with Gasteiger partial charge in [0, 0.05) is 12.2 Å². The van der Waals surface area contributed by atoms with Crippen molar-refractivity contribution in [3.05, 3.63) is 29.3 Å². The van der Waals surface area contributed by atoms with Crippen LogP contribution in [0.3, 0.4) is 0 Å². The molecule has 108 valence electrons. The number of benzene rings is 1. The van der Waals surface area contributed by atoms with Gasteiger partial charge in [0.05, 0.1) is 11.6 Å². The lowest BCUT2D eigenvalue weighted by Crippen LogP contribution is -2.43. The molecule has 1 amide bonds. The van der Waals surface area contributed by atoms with E-state index in [-0.39, 0.29) is 11.5 Å². The molecule has 1 aliphatic rings. The Hall–Kier alpha value is -1.88. The van der Waals surface area contributed by atoms with Crippen LogP contribution in [0.4, 0.5) is 5.69 Å². The van der Waals surface area contributed by atoms with Gasteiger partial charge in [0.25, 0.3) is 0 Å². The minimum Gasteiger partial charge on any atom is -0.478 e. The van der Waals surface area contributed by atoms with Gasteiger partial charge >= 0.3 is 5.97 Å². The topological polar surface area (TPSA) is 83.6 Å². The monoisotopic (exact) mass is 276 g/mol. The van der Waals surface area contributed by atoms with Crippen LogP contribution in [-0.2, 0) is 11.2 Å². The standard InChI is InChI=1S/C15H20N2O3/c1-9(2)7-12(16)14(18)17-6-5-10-8-11(15(19)20)3-4-13(10)17/h3-4,8-9,12H,5-7,16H2,1-2H3,(H,19,20)/t12-/m0/s1. The fourth-order valence-electron chi connectivity index (χ4n) is 2.57. The molecule has 0 saturated heterocycles. The number of rotatable bonds is 4. The van der Waals surface area contributed by atoms with Crippen LogP contribution in [0.1, 0.15) is 36.2 Å². The number of hydrogen-bond donors (Lipinski definition) is 2. The molecule has 0 saturated carbocycles. The molecule has 1 atom stereocenters. The summed E-state index contributed by atoms with van der Waals surface area (Å²) in [6.45, 7) is 4.64. The van der Waals surface area contributed by atoms with E-state index in [2.05, 4.69) is 0 Å². The van der Waals surface area contributed by atoms with Gasteiger partial charge in [0.15, 0.2) is 0 Å². The highest BCUT2D eigenvalue weighted by Crippen LogP contribution is 2.29. The third-order valence-electron chi connectivity index (χ3n) is 3.53. The fraction of sp³-hybridized carbons (Fsp3) is 0.467. The summed E-state index contributed by atoms with van der Waals surface area (Å²) < 4.78 is 0. The largest absolute Gasteiger partial charge is 0.478 e. The van der Waals surface area contributed by atoms with Gasteiger partial charge in [0.1, 0.15) is 0 Å². The lowest BCUT2D eigenvalue weighted by molar-refractivity contribution is -0.120. The Morgan fingerprint density at radius 2 is 2.10 bits per heavy atom. The molecule has 5 nitrogen and oxygen atoms in total. The zero-order valence-corrected chi connectivity index (χ0v) is 11.8. The second-order valence-corrected chi connectivity index (χ2v) is 5.62. The number of carbonyl (C=O) groups excluding carboxylic acids is 1. The zero-order valence-electron chi connectivity index (χ0n) is 11.8. The number of carbonyl (C=O) groups is 2. The van der Waals surface area contributed by atoms with Gasteiger partial charge in [-0.2, -0.15) is 0 Å². The molecule has 2 rings (SSSR count). The second kappa shape index (κ2) is 5.63. The van der Waals surface area contributed by atoms with Crippen LogP contribution in [0, 0.1) is 5.92 Å². The Kier molecular flexibility index (Phi) is 4.09. The Morgan fingerprint density at radius 3 is 2.70 bits per heavy atom. The minimum absolute atomic E-state index is 0.0828. The van der Waals surface area contributed by atoms with Gasteiger partial charge in [-0.25, -0.2) is 4.79 Å². The molecule has 0 fully saturated rings. The van der Waals surface area contributed by atoms with Crippen molar-refractivity contribution in [2.24, 2.45) is 11.7 Å². The molecule has 3 N–H and O–H groups in total. The predicted octanol–water partition coefficient (Wildman–Crippen LogP) is 1.65. The van der Waals surface area contributed by atoms with Crippen LogP contribution in [-0.4, -0.2) is 29.6 Å². The number of nitrogens with two attached hydrogens (primary N) is 1. The van der Waals surface area contributed by atoms with Crippen molar-refractivity contribution in [1.82, 2.24) is 0 Å². The van der Waals surface area contributed by atoms with Gasteiger partial charge < -0.3 is 15.7 Å². The first-order chi connectivity index (χ1) is 9.40. The molecule has 5 heteroatoms. The van der Waals surface area contributed by atoms with Crippen LogP contribution in [0.15, 0.2) is 18.2 Å². The van der Waals surface area contributed by atoms with Gasteiger partial charge in [-0.15, -0.1) is 0 Å². The summed E-state index contributed by atoms with van der Waals surface area (Å²) in [5.74, 6) is -0.667. The highest BCUT2D eigenvalue weighted by atomic mass is 16.4. The Morgan fingerprint density at radius 1 is 1.40 bits per heavy atom. The van der Waals surface area contributed by atoms with Crippen molar-refractivity contribution in [3.63, 3.8) is 0 Å². The highest BCUT2D eigenvalue weighted by Gasteiger charge is 2.29. The van der Waals surface area contributed by atoms with Crippen molar-refractivity contribution in [3.8, 4) is 0 Å². The average molecular weight is 276 g/mol. The maximum atomic E-state index is 12.3. The summed E-state index contributed by atoms with van der Waals surface area (Å²) in [6.07, 6.45) is 1.33. The Balaban J connectivity index is 2.19. The van der Waals surface area contributed by atoms with Gasteiger partial charge in [-0.3, -0.25) is 4.79 Å². The third-order valence-corrected chi connectivity index (χ3v) is 3.53. The molecular weight excluding hydrogens is 256 g/mol. The molecule has 0 spiro atoms. The number of anilines is 1. The molecule has 0 bridgehead atoms. The van der Waals surface area contributed by atoms with Gasteiger partial charge in [-0.05, 0) is 42.5 Å². The summed E-state index contributed by atoms with van der Waals surface area (Å²) in [4.78, 5) is 25.0. The van der Waals surface area contributed by atoms with Crippen LogP contribution < -0.4 is 10.6 Å². The number of hydrogen-bond acceptors (Lipinski definition) is 3. The minimum atomic E-state index is -0.950. The highest BCUT2D eigenvalue weighted by molar-refractivity contribution is 5.99. The van der Waals surface area contributed by atoms with Crippen molar-refractivity contribution in [2.45, 2.75) is 32.7 Å². The van der Waals surface area contributed by atoms with Crippen molar-refractivity contribution in [2.75, 3.05) is 11.4 Å². The normalized spacial score (nSPS) is 15.3. The number of aromatic carboxylic acids is 1. The molecule has 0 unspecified atom stereocenters. The predicted molar refractivity (Wildman–Crippen MR) is 76.9 cm³/mol. The quantitative estimate of drug-likeness (QED) is 0.875. The summed E-state index contributed by atoms with van der Waals surface area (Å²) in [7, 11) is 0. The molecule has 0 radical (unpaired) electrons. The van der Waals surface area contributed by atoms with E-state index < -0.39 is 12.0 Å². The van der Waals surface area contributed by atoms with Crippen LogP contribution >= 0.6 is 0 Å². The van der Waals surface area contributed by atoms with Crippen molar-refractivity contribution >= 4 is 17.6 Å². The number of carboxylic acids is 1. The van der Waals surface area contributed by atoms with E-state index in [9.17, 15) is 9.59 Å². The van der Waals surface area contributed by atoms with E-state index in [1.54, 1.807) is 17.0 Å². The molecule has 20 heavy (non-hydrogen) atoms. The number of fused-ring (bicyclic) bond motifs is 1. The Bertz CT molecular complexity index is 540. The SMILES string of the molecule is CC(C)C[C@H](N)C(=O)N1CCc2cc(C(=O)O)ccc21. The second-order valence-electron chi connectivity index (χ2n) is 5.62. The lowest BCUT2D eigenvalue weighted by atomic mass is 10.0. The molecule has 0 aliphatic carbocycles. The fourth-order valence-corrected chi connectivity index (χ4v) is 2.57. The van der Waals surface area contributed by atoms with Crippen LogP contribution in [0.25, 0.3) is 0 Å². The Labute approximate surface area is 118 Å². The molecule has 1 aliphatic heterocycles. The number of amides is 1. The van der Waals surface area contributed by atoms with Crippen LogP contribution in [0.2, 0.25) is 0 Å². The number of nitrogens with zero attached hydrogens (tertiary/aromatic N) is 1. The van der Waals surface area contributed by atoms with Crippen molar-refractivity contribution < 1.29 is 14.7 Å².